The Morgan fingerprint density at radius 2 is 1.63 bits per heavy atom. The molecule has 1 unspecified atom stereocenters. The van der Waals surface area contributed by atoms with E-state index in [0.29, 0.717) is 0 Å². The van der Waals surface area contributed by atoms with Gasteiger partial charge in [0.25, 0.3) is 0 Å². The minimum Gasteiger partial charge on any atom is -0.348 e. The molecule has 0 aromatic carbocycles. The van der Waals surface area contributed by atoms with Gasteiger partial charge in [-0.25, -0.2) is 0 Å². The monoisotopic (exact) mass is 265 g/mol. The van der Waals surface area contributed by atoms with Gasteiger partial charge in [-0.15, -0.1) is 0 Å². The van der Waals surface area contributed by atoms with E-state index in [1.165, 1.54) is 32.1 Å². The van der Waals surface area contributed by atoms with Crippen LogP contribution in [0.1, 0.15) is 46.0 Å². The molecule has 4 bridgehead atoms. The van der Waals surface area contributed by atoms with Crippen LogP contribution in [-0.2, 0) is 9.47 Å². The van der Waals surface area contributed by atoms with Crippen molar-refractivity contribution < 1.29 is 9.47 Å². The third kappa shape index (κ3) is 2.34. The summed E-state index contributed by atoms with van der Waals surface area (Å²) in [6.07, 6.45) is 7.72. The van der Waals surface area contributed by atoms with Crippen LogP contribution in [0.15, 0.2) is 0 Å². The minimum absolute atomic E-state index is 0.243. The predicted octanol–water partition coefficient (Wildman–Crippen LogP) is 2.55. The summed E-state index contributed by atoms with van der Waals surface area (Å²) in [5.41, 5.74) is 0. The molecule has 1 atom stereocenters. The summed E-state index contributed by atoms with van der Waals surface area (Å²) in [5, 5.41) is 3.84. The van der Waals surface area contributed by atoms with Crippen LogP contribution in [0.2, 0.25) is 0 Å². The van der Waals surface area contributed by atoms with Crippen molar-refractivity contribution in [2.75, 3.05) is 13.2 Å². The summed E-state index contributed by atoms with van der Waals surface area (Å²) < 4.78 is 11.6. The Morgan fingerprint density at radius 1 is 1.00 bits per heavy atom. The zero-order valence-electron chi connectivity index (χ0n) is 12.2. The van der Waals surface area contributed by atoms with Gasteiger partial charge in [0.05, 0.1) is 12.7 Å². The molecule has 3 nitrogen and oxygen atoms in total. The summed E-state index contributed by atoms with van der Waals surface area (Å²) >= 11 is 0. The molecule has 1 saturated heterocycles. The molecular formula is C16H27NO2. The van der Waals surface area contributed by atoms with Crippen molar-refractivity contribution >= 4 is 0 Å². The first kappa shape index (κ1) is 12.6. The summed E-state index contributed by atoms with van der Waals surface area (Å²) in [6.45, 7) is 5.73. The molecule has 1 heterocycles. The van der Waals surface area contributed by atoms with Crippen LogP contribution >= 0.6 is 0 Å². The zero-order chi connectivity index (χ0) is 13.0. The SMILES string of the molecule is CC1(C)OCC(CNC2C3CC4CC(C3)CC2C4)O1. The lowest BCUT2D eigenvalue weighted by molar-refractivity contribution is -0.138. The highest BCUT2D eigenvalue weighted by molar-refractivity contribution is 5.01. The first-order chi connectivity index (χ1) is 9.09. The number of nitrogens with one attached hydrogen (secondary N) is 1. The van der Waals surface area contributed by atoms with Crippen molar-refractivity contribution in [2.24, 2.45) is 23.7 Å². The Labute approximate surface area is 116 Å². The zero-order valence-corrected chi connectivity index (χ0v) is 12.2. The molecule has 1 N–H and O–H groups in total. The molecule has 1 aliphatic heterocycles. The average molecular weight is 265 g/mol. The van der Waals surface area contributed by atoms with E-state index in [1.54, 1.807) is 0 Å². The Bertz CT molecular complexity index is 327. The number of ether oxygens (including phenoxy) is 2. The fraction of sp³-hybridized carbons (Fsp3) is 1.00. The largest absolute Gasteiger partial charge is 0.348 e. The molecule has 108 valence electrons. The molecule has 0 amide bonds. The van der Waals surface area contributed by atoms with Gasteiger partial charge in [0.15, 0.2) is 5.79 Å². The van der Waals surface area contributed by atoms with Crippen LogP contribution in [0, 0.1) is 23.7 Å². The molecule has 19 heavy (non-hydrogen) atoms. The molecular weight excluding hydrogens is 238 g/mol. The van der Waals surface area contributed by atoms with Crippen molar-refractivity contribution in [2.45, 2.75) is 63.9 Å². The Kier molecular flexibility index (Phi) is 2.95. The maximum Gasteiger partial charge on any atom is 0.163 e. The minimum atomic E-state index is -0.379. The van der Waals surface area contributed by atoms with Gasteiger partial charge in [-0.3, -0.25) is 0 Å². The third-order valence-corrected chi connectivity index (χ3v) is 5.88. The van der Waals surface area contributed by atoms with Crippen molar-refractivity contribution in [3.05, 3.63) is 0 Å². The van der Waals surface area contributed by atoms with Crippen molar-refractivity contribution in [1.82, 2.24) is 5.32 Å². The third-order valence-electron chi connectivity index (χ3n) is 5.88. The standard InChI is InChI=1S/C16H27NO2/c1-16(2)18-9-14(19-16)8-17-15-12-4-10-3-11(6-12)7-13(15)5-10/h10-15,17H,3-9H2,1-2H3. The maximum absolute atomic E-state index is 5.91. The lowest BCUT2D eigenvalue weighted by Gasteiger charge is -2.54. The van der Waals surface area contributed by atoms with E-state index >= 15 is 0 Å². The molecule has 5 rings (SSSR count). The van der Waals surface area contributed by atoms with Crippen LogP contribution in [-0.4, -0.2) is 31.1 Å². The molecule has 0 radical (unpaired) electrons. The summed E-state index contributed by atoms with van der Waals surface area (Å²) in [5.74, 6) is 3.64. The van der Waals surface area contributed by atoms with Gasteiger partial charge in [-0.05, 0) is 69.6 Å². The van der Waals surface area contributed by atoms with E-state index in [1.807, 2.05) is 13.8 Å². The van der Waals surface area contributed by atoms with Crippen molar-refractivity contribution in [3.8, 4) is 0 Å². The van der Waals surface area contributed by atoms with Gasteiger partial charge in [-0.1, -0.05) is 0 Å². The van der Waals surface area contributed by atoms with Crippen LogP contribution in [0.25, 0.3) is 0 Å². The summed E-state index contributed by atoms with van der Waals surface area (Å²) in [4.78, 5) is 0. The first-order valence-electron chi connectivity index (χ1n) is 8.14. The molecule has 5 fully saturated rings. The van der Waals surface area contributed by atoms with E-state index in [2.05, 4.69) is 5.32 Å². The normalized spacial score (nSPS) is 50.8. The number of rotatable bonds is 3. The lowest BCUT2D eigenvalue weighted by atomic mass is 9.54. The van der Waals surface area contributed by atoms with Crippen LogP contribution in [0.3, 0.4) is 0 Å². The number of hydrogen-bond donors (Lipinski definition) is 1. The molecule has 3 heteroatoms. The topological polar surface area (TPSA) is 30.5 Å². The molecule has 4 saturated carbocycles. The van der Waals surface area contributed by atoms with Gasteiger partial charge in [-0.2, -0.15) is 0 Å². The fourth-order valence-electron chi connectivity index (χ4n) is 5.39. The van der Waals surface area contributed by atoms with Gasteiger partial charge < -0.3 is 14.8 Å². The molecule has 0 spiro atoms. The van der Waals surface area contributed by atoms with Gasteiger partial charge in [0.1, 0.15) is 0 Å². The van der Waals surface area contributed by atoms with E-state index in [0.717, 1.165) is 42.9 Å². The Hall–Kier alpha value is -0.120. The molecule has 4 aliphatic carbocycles. The van der Waals surface area contributed by atoms with E-state index in [9.17, 15) is 0 Å². The molecule has 0 aromatic heterocycles. The van der Waals surface area contributed by atoms with E-state index < -0.39 is 0 Å². The Morgan fingerprint density at radius 3 is 2.16 bits per heavy atom. The van der Waals surface area contributed by atoms with Gasteiger partial charge in [0, 0.05) is 12.6 Å². The first-order valence-corrected chi connectivity index (χ1v) is 8.14. The maximum atomic E-state index is 5.91. The highest BCUT2D eigenvalue weighted by atomic mass is 16.7. The van der Waals surface area contributed by atoms with Gasteiger partial charge in [0.2, 0.25) is 0 Å². The van der Waals surface area contributed by atoms with E-state index in [4.69, 9.17) is 9.47 Å². The van der Waals surface area contributed by atoms with Crippen molar-refractivity contribution in [3.63, 3.8) is 0 Å². The highest BCUT2D eigenvalue weighted by Crippen LogP contribution is 2.53. The van der Waals surface area contributed by atoms with Crippen LogP contribution < -0.4 is 5.32 Å². The van der Waals surface area contributed by atoms with Crippen LogP contribution in [0.4, 0.5) is 0 Å². The average Bonchev–Trinajstić information content (AvgIpc) is 2.67. The summed E-state index contributed by atoms with van der Waals surface area (Å²) in [7, 11) is 0. The van der Waals surface area contributed by atoms with Crippen molar-refractivity contribution in [1.29, 1.82) is 0 Å². The molecule has 0 aromatic rings. The second-order valence-corrected chi connectivity index (χ2v) is 7.82. The van der Waals surface area contributed by atoms with Gasteiger partial charge >= 0.3 is 0 Å². The second-order valence-electron chi connectivity index (χ2n) is 7.82. The predicted molar refractivity (Wildman–Crippen MR) is 73.7 cm³/mol. The molecule has 5 aliphatic rings. The van der Waals surface area contributed by atoms with E-state index in [-0.39, 0.29) is 11.9 Å². The lowest BCUT2D eigenvalue weighted by Crippen LogP contribution is -2.55. The fourth-order valence-corrected chi connectivity index (χ4v) is 5.39. The van der Waals surface area contributed by atoms with Crippen LogP contribution in [0.5, 0.6) is 0 Å². The second kappa shape index (κ2) is 4.44. The quantitative estimate of drug-likeness (QED) is 0.850. The smallest absolute Gasteiger partial charge is 0.163 e. The summed E-state index contributed by atoms with van der Waals surface area (Å²) in [6, 6.07) is 0.764. The number of hydrogen-bond acceptors (Lipinski definition) is 3. The Balaban J connectivity index is 1.34. The highest BCUT2D eigenvalue weighted by Gasteiger charge is 2.48.